The van der Waals surface area contributed by atoms with Gasteiger partial charge in [-0.05, 0) is 12.1 Å². The molecule has 1 aromatic carbocycles. The van der Waals surface area contributed by atoms with E-state index < -0.39 is 27.9 Å². The van der Waals surface area contributed by atoms with Crippen molar-refractivity contribution < 1.29 is 26.7 Å². The molecule has 0 aliphatic heterocycles. The molecular formula is C9H9F2NO4S. The van der Waals surface area contributed by atoms with Gasteiger partial charge in [-0.2, -0.15) is 8.78 Å². The van der Waals surface area contributed by atoms with Gasteiger partial charge in [0.1, 0.15) is 0 Å². The van der Waals surface area contributed by atoms with Crippen LogP contribution >= 0.6 is 0 Å². The molecule has 0 radical (unpaired) electrons. The Bertz CT molecular complexity index is 501. The quantitative estimate of drug-likeness (QED) is 0.813. The second-order valence-corrected chi connectivity index (χ2v) is 4.81. The minimum Gasteiger partial charge on any atom is -0.454 e. The summed E-state index contributed by atoms with van der Waals surface area (Å²) in [5.41, 5.74) is 0.0396. The van der Waals surface area contributed by atoms with Crippen molar-refractivity contribution in [2.75, 3.05) is 6.61 Å². The summed E-state index contributed by atoms with van der Waals surface area (Å²) in [5.74, 6) is -1.05. The number of alkyl halides is 2. The van der Waals surface area contributed by atoms with Crippen molar-refractivity contribution in [3.05, 3.63) is 35.9 Å². The van der Waals surface area contributed by atoms with Gasteiger partial charge in [0.05, 0.1) is 5.56 Å². The van der Waals surface area contributed by atoms with Crippen molar-refractivity contribution in [1.29, 1.82) is 0 Å². The van der Waals surface area contributed by atoms with E-state index >= 15 is 0 Å². The molecule has 1 rings (SSSR count). The molecule has 17 heavy (non-hydrogen) atoms. The first-order chi connectivity index (χ1) is 7.74. The van der Waals surface area contributed by atoms with Crippen molar-refractivity contribution in [3.63, 3.8) is 0 Å². The lowest BCUT2D eigenvalue weighted by Crippen LogP contribution is -2.39. The van der Waals surface area contributed by atoms with Gasteiger partial charge in [-0.25, -0.2) is 18.4 Å². The van der Waals surface area contributed by atoms with Crippen LogP contribution in [0.5, 0.6) is 0 Å². The number of sulfonamides is 1. The van der Waals surface area contributed by atoms with Crippen LogP contribution in [-0.2, 0) is 14.8 Å². The number of hydrogen-bond acceptors (Lipinski definition) is 4. The monoisotopic (exact) mass is 265 g/mol. The molecule has 0 spiro atoms. The topological polar surface area (TPSA) is 86.5 Å². The zero-order chi connectivity index (χ0) is 13.1. The third kappa shape index (κ3) is 3.46. The molecule has 0 heterocycles. The largest absolute Gasteiger partial charge is 0.454 e. The number of hydrogen-bond donors (Lipinski definition) is 1. The van der Waals surface area contributed by atoms with Gasteiger partial charge in [0.25, 0.3) is 10.0 Å². The lowest BCUT2D eigenvalue weighted by Gasteiger charge is -2.13. The fourth-order valence-electron chi connectivity index (χ4n) is 0.889. The third-order valence-corrected chi connectivity index (χ3v) is 2.75. The Labute approximate surface area is 96.2 Å². The summed E-state index contributed by atoms with van der Waals surface area (Å²) in [4.78, 5) is 11.2. The zero-order valence-electron chi connectivity index (χ0n) is 8.47. The van der Waals surface area contributed by atoms with E-state index in [1.807, 2.05) is 0 Å². The number of rotatable bonds is 4. The number of carbonyl (C=O) groups excluding carboxylic acids is 1. The molecule has 0 saturated heterocycles. The minimum absolute atomic E-state index is 0.0396. The average Bonchev–Trinajstić information content (AvgIpc) is 2.25. The summed E-state index contributed by atoms with van der Waals surface area (Å²) in [6, 6.07) is 7.33. The lowest BCUT2D eigenvalue weighted by molar-refractivity contribution is -0.00533. The molecule has 0 amide bonds. The van der Waals surface area contributed by atoms with Crippen molar-refractivity contribution in [2.45, 2.75) is 5.25 Å². The first kappa shape index (κ1) is 13.5. The number of primary sulfonamides is 1. The smallest absolute Gasteiger partial charge is 0.391 e. The number of ether oxygens (including phenoxy) is 1. The van der Waals surface area contributed by atoms with Crippen LogP contribution in [0, 0.1) is 0 Å². The molecule has 1 aromatic rings. The van der Waals surface area contributed by atoms with Gasteiger partial charge in [0.2, 0.25) is 0 Å². The van der Waals surface area contributed by atoms with Gasteiger partial charge < -0.3 is 4.74 Å². The summed E-state index contributed by atoms with van der Waals surface area (Å²) >= 11 is 0. The molecule has 0 atom stereocenters. The maximum absolute atomic E-state index is 12.8. The molecule has 8 heteroatoms. The van der Waals surface area contributed by atoms with E-state index in [9.17, 15) is 22.0 Å². The van der Waals surface area contributed by atoms with Crippen LogP contribution < -0.4 is 5.14 Å². The van der Waals surface area contributed by atoms with Crippen LogP contribution in [0.15, 0.2) is 30.3 Å². The van der Waals surface area contributed by atoms with E-state index in [1.54, 1.807) is 6.07 Å². The van der Waals surface area contributed by atoms with Crippen LogP contribution in [0.4, 0.5) is 8.78 Å². The fourth-order valence-corrected chi connectivity index (χ4v) is 1.11. The molecule has 0 aliphatic rings. The van der Waals surface area contributed by atoms with Gasteiger partial charge in [0, 0.05) is 0 Å². The highest BCUT2D eigenvalue weighted by Crippen LogP contribution is 2.19. The van der Waals surface area contributed by atoms with Crippen LogP contribution in [0.2, 0.25) is 0 Å². The van der Waals surface area contributed by atoms with Crippen LogP contribution in [-0.4, -0.2) is 26.2 Å². The van der Waals surface area contributed by atoms with E-state index in [-0.39, 0.29) is 5.56 Å². The van der Waals surface area contributed by atoms with Gasteiger partial charge in [-0.3, -0.25) is 0 Å². The van der Waals surface area contributed by atoms with Gasteiger partial charge in [-0.1, -0.05) is 18.2 Å². The first-order valence-electron chi connectivity index (χ1n) is 4.36. The number of esters is 1. The Kier molecular flexibility index (Phi) is 3.79. The van der Waals surface area contributed by atoms with Gasteiger partial charge in [-0.15, -0.1) is 0 Å². The fraction of sp³-hybridized carbons (Fsp3) is 0.222. The molecule has 2 N–H and O–H groups in total. The Morgan fingerprint density at radius 3 is 2.29 bits per heavy atom. The molecular weight excluding hydrogens is 256 g/mol. The zero-order valence-corrected chi connectivity index (χ0v) is 9.28. The van der Waals surface area contributed by atoms with Crippen molar-refractivity contribution in [1.82, 2.24) is 0 Å². The number of nitrogens with two attached hydrogens (primary N) is 1. The number of carbonyl (C=O) groups is 1. The summed E-state index contributed by atoms with van der Waals surface area (Å²) in [7, 11) is -5.09. The predicted octanol–water partition coefficient (Wildman–Crippen LogP) is 0.725. The lowest BCUT2D eigenvalue weighted by atomic mass is 10.2. The third-order valence-electron chi connectivity index (χ3n) is 1.80. The molecule has 0 aromatic heterocycles. The second kappa shape index (κ2) is 4.76. The number of halogens is 2. The highest BCUT2D eigenvalue weighted by atomic mass is 32.2. The van der Waals surface area contributed by atoms with Gasteiger partial charge >= 0.3 is 11.2 Å². The standard InChI is InChI=1S/C9H9F2NO4S/c10-9(11,17(12,14)15)6-16-8(13)7-4-2-1-3-5-7/h1-5H,6H2,(H2,12,14,15). The summed E-state index contributed by atoms with van der Waals surface area (Å²) in [5, 5.41) is -0.0251. The molecule has 5 nitrogen and oxygen atoms in total. The maximum Gasteiger partial charge on any atom is 0.391 e. The van der Waals surface area contributed by atoms with E-state index in [2.05, 4.69) is 9.88 Å². The van der Waals surface area contributed by atoms with Crippen LogP contribution in [0.3, 0.4) is 0 Å². The van der Waals surface area contributed by atoms with Crippen molar-refractivity contribution in [3.8, 4) is 0 Å². The highest BCUT2D eigenvalue weighted by molar-refractivity contribution is 7.90. The average molecular weight is 265 g/mol. The van der Waals surface area contributed by atoms with Crippen LogP contribution in [0.25, 0.3) is 0 Å². The Morgan fingerprint density at radius 2 is 1.82 bits per heavy atom. The summed E-state index contributed by atoms with van der Waals surface area (Å²) < 4.78 is 50.7. The SMILES string of the molecule is NS(=O)(=O)C(F)(F)COC(=O)c1ccccc1. The maximum atomic E-state index is 12.8. The van der Waals surface area contributed by atoms with E-state index in [0.717, 1.165) is 0 Å². The highest BCUT2D eigenvalue weighted by Gasteiger charge is 2.44. The number of benzene rings is 1. The molecule has 0 aliphatic carbocycles. The Balaban J connectivity index is 2.67. The molecule has 0 unspecified atom stereocenters. The van der Waals surface area contributed by atoms with E-state index in [0.29, 0.717) is 0 Å². The molecule has 94 valence electrons. The minimum atomic E-state index is -5.09. The van der Waals surface area contributed by atoms with E-state index in [4.69, 9.17) is 0 Å². The Hall–Kier alpha value is -1.54. The first-order valence-corrected chi connectivity index (χ1v) is 5.91. The van der Waals surface area contributed by atoms with E-state index in [1.165, 1.54) is 24.3 Å². The molecule has 0 bridgehead atoms. The van der Waals surface area contributed by atoms with Crippen molar-refractivity contribution in [2.24, 2.45) is 5.14 Å². The van der Waals surface area contributed by atoms with Crippen molar-refractivity contribution >= 4 is 16.0 Å². The summed E-state index contributed by atoms with van der Waals surface area (Å²) in [6.07, 6.45) is 0. The van der Waals surface area contributed by atoms with Crippen LogP contribution in [0.1, 0.15) is 10.4 Å². The second-order valence-electron chi connectivity index (χ2n) is 3.12. The molecule has 0 saturated carbocycles. The molecule has 0 fully saturated rings. The summed E-state index contributed by atoms with van der Waals surface area (Å²) in [6.45, 7) is -1.61. The Morgan fingerprint density at radius 1 is 1.29 bits per heavy atom. The normalized spacial score (nSPS) is 12.2. The predicted molar refractivity (Wildman–Crippen MR) is 54.8 cm³/mol. The van der Waals surface area contributed by atoms with Gasteiger partial charge in [0.15, 0.2) is 6.61 Å².